The second-order valence-corrected chi connectivity index (χ2v) is 5.53. The van der Waals surface area contributed by atoms with Gasteiger partial charge in [-0.25, -0.2) is 0 Å². The summed E-state index contributed by atoms with van der Waals surface area (Å²) in [6.07, 6.45) is 0.0836. The van der Waals surface area contributed by atoms with Crippen LogP contribution in [0, 0.1) is 5.92 Å². The quantitative estimate of drug-likeness (QED) is 0.894. The van der Waals surface area contributed by atoms with Gasteiger partial charge in [0.05, 0.1) is 17.3 Å². The summed E-state index contributed by atoms with van der Waals surface area (Å²) in [5.74, 6) is -0.217. The molecular weight excluding hydrogens is 270 g/mol. The van der Waals surface area contributed by atoms with E-state index in [9.17, 15) is 9.59 Å². The van der Waals surface area contributed by atoms with Gasteiger partial charge in [-0.1, -0.05) is 0 Å². The lowest BCUT2D eigenvalue weighted by Crippen LogP contribution is -2.26. The number of fused-ring (bicyclic) bond motifs is 1. The molecule has 0 aliphatic carbocycles. The molecule has 1 N–H and O–H groups in total. The predicted molar refractivity (Wildman–Crippen MR) is 66.5 cm³/mol. The lowest BCUT2D eigenvalue weighted by atomic mass is 10.1. The summed E-state index contributed by atoms with van der Waals surface area (Å²) in [6.45, 7) is 1.70. The SMILES string of the molecule is O=C(O)C1CC(=O)N(Cc2scc3c2OCCO3)C1. The molecule has 3 rings (SSSR count). The molecule has 102 valence electrons. The van der Waals surface area contributed by atoms with E-state index < -0.39 is 11.9 Å². The number of carbonyl (C=O) groups excluding carboxylic acids is 1. The Balaban J connectivity index is 1.73. The first-order valence-electron chi connectivity index (χ1n) is 6.01. The molecule has 6 nitrogen and oxygen atoms in total. The van der Waals surface area contributed by atoms with Crippen molar-refractivity contribution in [2.75, 3.05) is 19.8 Å². The number of amides is 1. The average Bonchev–Trinajstić information content (AvgIpc) is 2.96. The van der Waals surface area contributed by atoms with E-state index in [4.69, 9.17) is 14.6 Å². The van der Waals surface area contributed by atoms with Crippen LogP contribution in [0.1, 0.15) is 11.3 Å². The van der Waals surface area contributed by atoms with Gasteiger partial charge in [0.25, 0.3) is 0 Å². The van der Waals surface area contributed by atoms with E-state index in [0.717, 1.165) is 4.88 Å². The molecule has 3 heterocycles. The third kappa shape index (κ3) is 2.25. The van der Waals surface area contributed by atoms with Crippen molar-refractivity contribution in [3.8, 4) is 11.5 Å². The Hall–Kier alpha value is -1.76. The minimum atomic E-state index is -0.913. The molecule has 1 aromatic heterocycles. The molecule has 2 aliphatic rings. The smallest absolute Gasteiger partial charge is 0.308 e. The van der Waals surface area contributed by atoms with Crippen LogP contribution in [0.25, 0.3) is 0 Å². The van der Waals surface area contributed by atoms with Gasteiger partial charge in [-0.05, 0) is 0 Å². The second-order valence-electron chi connectivity index (χ2n) is 4.56. The maximum atomic E-state index is 11.8. The normalized spacial score (nSPS) is 21.8. The Kier molecular flexibility index (Phi) is 3.06. The van der Waals surface area contributed by atoms with Gasteiger partial charge in [0, 0.05) is 18.3 Å². The summed E-state index contributed by atoms with van der Waals surface area (Å²) in [7, 11) is 0. The Morgan fingerprint density at radius 1 is 1.47 bits per heavy atom. The zero-order valence-electron chi connectivity index (χ0n) is 10.1. The monoisotopic (exact) mass is 283 g/mol. The molecule has 0 aromatic carbocycles. The van der Waals surface area contributed by atoms with E-state index in [1.807, 2.05) is 5.38 Å². The number of hydrogen-bond acceptors (Lipinski definition) is 5. The maximum Gasteiger partial charge on any atom is 0.308 e. The van der Waals surface area contributed by atoms with E-state index in [0.29, 0.717) is 31.3 Å². The first kappa shape index (κ1) is 12.3. The van der Waals surface area contributed by atoms with Gasteiger partial charge in [0.1, 0.15) is 13.2 Å². The number of hydrogen-bond donors (Lipinski definition) is 1. The number of likely N-dealkylation sites (tertiary alicyclic amines) is 1. The lowest BCUT2D eigenvalue weighted by Gasteiger charge is -2.19. The van der Waals surface area contributed by atoms with Crippen molar-refractivity contribution in [1.82, 2.24) is 4.90 Å². The van der Waals surface area contributed by atoms with Crippen LogP contribution >= 0.6 is 11.3 Å². The summed E-state index contributed by atoms with van der Waals surface area (Å²) in [5.41, 5.74) is 0. The molecule has 2 aliphatic heterocycles. The van der Waals surface area contributed by atoms with Gasteiger partial charge < -0.3 is 19.5 Å². The summed E-state index contributed by atoms with van der Waals surface area (Å²) in [6, 6.07) is 0. The third-order valence-corrected chi connectivity index (χ3v) is 4.20. The number of carboxylic acids is 1. The first-order chi connectivity index (χ1) is 9.15. The molecule has 1 aromatic rings. The van der Waals surface area contributed by atoms with Crippen LogP contribution in [0.5, 0.6) is 11.5 Å². The van der Waals surface area contributed by atoms with Gasteiger partial charge in [-0.2, -0.15) is 0 Å². The van der Waals surface area contributed by atoms with Crippen molar-refractivity contribution in [3.05, 3.63) is 10.3 Å². The maximum absolute atomic E-state index is 11.8. The third-order valence-electron chi connectivity index (χ3n) is 3.27. The summed E-state index contributed by atoms with van der Waals surface area (Å²) in [5, 5.41) is 10.8. The van der Waals surface area contributed by atoms with Crippen molar-refractivity contribution in [1.29, 1.82) is 0 Å². The highest BCUT2D eigenvalue weighted by Gasteiger charge is 2.35. The Labute approximate surface area is 113 Å². The second kappa shape index (κ2) is 4.73. The topological polar surface area (TPSA) is 76.1 Å². The molecular formula is C12H13NO5S. The highest BCUT2D eigenvalue weighted by Crippen LogP contribution is 2.40. The highest BCUT2D eigenvalue weighted by molar-refractivity contribution is 7.10. The molecule has 0 bridgehead atoms. The van der Waals surface area contributed by atoms with Crippen LogP contribution in [0.2, 0.25) is 0 Å². The van der Waals surface area contributed by atoms with E-state index in [-0.39, 0.29) is 18.9 Å². The molecule has 1 saturated heterocycles. The largest absolute Gasteiger partial charge is 0.485 e. The lowest BCUT2D eigenvalue weighted by molar-refractivity contribution is -0.141. The van der Waals surface area contributed by atoms with Crippen LogP contribution in [0.3, 0.4) is 0 Å². The number of rotatable bonds is 3. The number of carboxylic acid groups (broad SMARTS) is 1. The molecule has 0 spiro atoms. The van der Waals surface area contributed by atoms with Crippen LogP contribution in [-0.2, 0) is 16.1 Å². The fraction of sp³-hybridized carbons (Fsp3) is 0.500. The van der Waals surface area contributed by atoms with E-state index in [1.54, 1.807) is 4.90 Å². The summed E-state index contributed by atoms with van der Waals surface area (Å²) < 4.78 is 11.0. The predicted octanol–water partition coefficient (Wildman–Crippen LogP) is 0.952. The molecule has 19 heavy (non-hydrogen) atoms. The summed E-state index contributed by atoms with van der Waals surface area (Å²) in [4.78, 5) is 25.2. The van der Waals surface area contributed by atoms with E-state index in [2.05, 4.69) is 0 Å². The molecule has 1 fully saturated rings. The first-order valence-corrected chi connectivity index (χ1v) is 6.89. The number of carbonyl (C=O) groups is 2. The van der Waals surface area contributed by atoms with Gasteiger partial charge in [-0.15, -0.1) is 11.3 Å². The minimum Gasteiger partial charge on any atom is -0.485 e. The van der Waals surface area contributed by atoms with Crippen LogP contribution < -0.4 is 9.47 Å². The Morgan fingerprint density at radius 2 is 2.26 bits per heavy atom. The van der Waals surface area contributed by atoms with Gasteiger partial charge in [-0.3, -0.25) is 9.59 Å². The molecule has 0 saturated carbocycles. The van der Waals surface area contributed by atoms with Crippen molar-refractivity contribution >= 4 is 23.2 Å². The zero-order valence-corrected chi connectivity index (χ0v) is 10.9. The minimum absolute atomic E-state index is 0.0836. The average molecular weight is 283 g/mol. The number of nitrogens with zero attached hydrogens (tertiary/aromatic N) is 1. The number of ether oxygens (including phenoxy) is 2. The van der Waals surface area contributed by atoms with E-state index >= 15 is 0 Å². The molecule has 0 radical (unpaired) electrons. The van der Waals surface area contributed by atoms with Crippen molar-refractivity contribution in [2.24, 2.45) is 5.92 Å². The molecule has 1 amide bonds. The van der Waals surface area contributed by atoms with Crippen LogP contribution in [-0.4, -0.2) is 41.6 Å². The fourth-order valence-corrected chi connectivity index (χ4v) is 3.21. The van der Waals surface area contributed by atoms with E-state index in [1.165, 1.54) is 11.3 Å². The summed E-state index contributed by atoms with van der Waals surface area (Å²) >= 11 is 1.47. The molecule has 7 heteroatoms. The van der Waals surface area contributed by atoms with Crippen molar-refractivity contribution < 1.29 is 24.2 Å². The standard InChI is InChI=1S/C12H13NO5S/c14-10-3-7(12(15)16)4-13(10)5-9-11-8(6-19-9)17-1-2-18-11/h6-7H,1-5H2,(H,15,16). The number of thiophene rings is 1. The zero-order chi connectivity index (χ0) is 13.4. The number of aliphatic carboxylic acids is 1. The van der Waals surface area contributed by atoms with Crippen molar-refractivity contribution in [3.63, 3.8) is 0 Å². The van der Waals surface area contributed by atoms with Crippen LogP contribution in [0.15, 0.2) is 5.38 Å². The van der Waals surface area contributed by atoms with Gasteiger partial charge in [0.2, 0.25) is 5.91 Å². The molecule has 1 atom stereocenters. The Bertz CT molecular complexity index is 526. The van der Waals surface area contributed by atoms with Gasteiger partial charge >= 0.3 is 5.97 Å². The fourth-order valence-electron chi connectivity index (χ4n) is 2.29. The Morgan fingerprint density at radius 3 is 3.00 bits per heavy atom. The highest BCUT2D eigenvalue weighted by atomic mass is 32.1. The van der Waals surface area contributed by atoms with Gasteiger partial charge in [0.15, 0.2) is 11.5 Å². The van der Waals surface area contributed by atoms with Crippen LogP contribution in [0.4, 0.5) is 0 Å². The molecule has 1 unspecified atom stereocenters. The van der Waals surface area contributed by atoms with Crippen molar-refractivity contribution in [2.45, 2.75) is 13.0 Å².